The number of rotatable bonds is 26. The summed E-state index contributed by atoms with van der Waals surface area (Å²) >= 11 is 0. The van der Waals surface area contributed by atoms with E-state index in [-0.39, 0.29) is 48.7 Å². The number of carbonyl (C=O) groups excluding carboxylic acids is 6. The summed E-state index contributed by atoms with van der Waals surface area (Å²) in [6.45, 7) is 14.6. The average Bonchev–Trinajstić information content (AvgIpc) is 3.91. The van der Waals surface area contributed by atoms with Crippen LogP contribution in [0, 0.1) is 25.7 Å². The molecule has 6 N–H and O–H groups in total. The van der Waals surface area contributed by atoms with Gasteiger partial charge in [0.15, 0.2) is 6.10 Å². The second kappa shape index (κ2) is 27.1. The van der Waals surface area contributed by atoms with Crippen LogP contribution in [0.1, 0.15) is 117 Å². The molecular formula is C54H71N5O11. The van der Waals surface area contributed by atoms with Crippen LogP contribution in [0.5, 0.6) is 5.75 Å². The summed E-state index contributed by atoms with van der Waals surface area (Å²) in [7, 11) is 0. The van der Waals surface area contributed by atoms with Crippen LogP contribution in [0.25, 0.3) is 11.6 Å². The minimum atomic E-state index is -1.30. The molecule has 0 bridgehead atoms. The van der Waals surface area contributed by atoms with Crippen molar-refractivity contribution < 1.29 is 53.2 Å². The normalized spacial score (nSPS) is 19.0. The fraction of sp³-hybridized carbons (Fsp3) is 0.481. The van der Waals surface area contributed by atoms with Gasteiger partial charge >= 0.3 is 17.9 Å². The number of aliphatic hydroxyl groups is 2. The Kier molecular flexibility index (Phi) is 21.2. The van der Waals surface area contributed by atoms with Crippen molar-refractivity contribution in [1.82, 2.24) is 20.5 Å². The first-order valence-electron chi connectivity index (χ1n) is 24.6. The topological polar surface area (TPSA) is 226 Å². The number of hydrogen-bond donors (Lipinski definition) is 6. The summed E-state index contributed by atoms with van der Waals surface area (Å²) in [6.07, 6.45) is 8.35. The molecule has 0 spiro atoms. The van der Waals surface area contributed by atoms with E-state index in [1.807, 2.05) is 56.3 Å². The minimum absolute atomic E-state index is 0.0129. The van der Waals surface area contributed by atoms with Crippen LogP contribution in [0.4, 0.5) is 5.69 Å². The van der Waals surface area contributed by atoms with Gasteiger partial charge in [0.25, 0.3) is 11.8 Å². The monoisotopic (exact) mass is 966 g/mol. The molecular weight excluding hydrogens is 895 g/mol. The summed E-state index contributed by atoms with van der Waals surface area (Å²) in [6, 6.07) is 14.4. The number of benzene rings is 2. The molecule has 378 valence electrons. The van der Waals surface area contributed by atoms with E-state index in [4.69, 9.17) is 14.2 Å². The summed E-state index contributed by atoms with van der Waals surface area (Å²) in [5, 5.41) is 30.3. The quantitative estimate of drug-likeness (QED) is 0.0166. The molecule has 70 heavy (non-hydrogen) atoms. The van der Waals surface area contributed by atoms with E-state index in [0.29, 0.717) is 91.0 Å². The average molecular weight is 966 g/mol. The predicted octanol–water partition coefficient (Wildman–Crippen LogP) is 6.52. The third kappa shape index (κ3) is 15.8. The number of nitrogens with one attached hydrogen (secondary N) is 4. The maximum absolute atomic E-state index is 13.4. The molecule has 1 aromatic heterocycles. The van der Waals surface area contributed by atoms with Crippen LogP contribution in [0.15, 0.2) is 72.8 Å². The van der Waals surface area contributed by atoms with Crippen molar-refractivity contribution in [1.29, 1.82) is 0 Å². The first kappa shape index (κ1) is 54.6. The number of H-pyrrole nitrogens is 1. The van der Waals surface area contributed by atoms with Crippen molar-refractivity contribution in [2.45, 2.75) is 124 Å². The Morgan fingerprint density at radius 3 is 2.39 bits per heavy atom. The Morgan fingerprint density at radius 2 is 1.66 bits per heavy atom. The molecule has 1 fully saturated rings. The second-order valence-corrected chi connectivity index (χ2v) is 17.8. The zero-order valence-corrected chi connectivity index (χ0v) is 41.4. The Hall–Kier alpha value is -6.36. The number of amides is 3. The van der Waals surface area contributed by atoms with Gasteiger partial charge in [-0.25, -0.2) is 4.79 Å². The van der Waals surface area contributed by atoms with Gasteiger partial charge < -0.3 is 50.3 Å². The van der Waals surface area contributed by atoms with E-state index in [2.05, 4.69) is 39.7 Å². The number of aryl methyl sites for hydroxylation is 2. The highest BCUT2D eigenvalue weighted by Crippen LogP contribution is 2.38. The van der Waals surface area contributed by atoms with Gasteiger partial charge in [0, 0.05) is 61.0 Å². The molecule has 16 heteroatoms. The van der Waals surface area contributed by atoms with Crippen LogP contribution in [-0.2, 0) is 39.9 Å². The summed E-state index contributed by atoms with van der Waals surface area (Å²) < 4.78 is 16.8. The van der Waals surface area contributed by atoms with Crippen molar-refractivity contribution >= 4 is 53.0 Å². The van der Waals surface area contributed by atoms with Gasteiger partial charge in [-0.3, -0.25) is 24.0 Å². The van der Waals surface area contributed by atoms with Gasteiger partial charge in [0.05, 0.1) is 36.2 Å². The molecule has 2 aromatic carbocycles. The lowest BCUT2D eigenvalue weighted by Gasteiger charge is -2.21. The van der Waals surface area contributed by atoms with Crippen molar-refractivity contribution in [3.05, 3.63) is 106 Å². The van der Waals surface area contributed by atoms with E-state index in [9.17, 15) is 39.0 Å². The van der Waals surface area contributed by atoms with E-state index in [0.717, 1.165) is 25.2 Å². The fourth-order valence-corrected chi connectivity index (χ4v) is 8.81. The van der Waals surface area contributed by atoms with Gasteiger partial charge in [0.1, 0.15) is 11.9 Å². The van der Waals surface area contributed by atoms with Crippen LogP contribution in [0.2, 0.25) is 0 Å². The maximum atomic E-state index is 13.4. The van der Waals surface area contributed by atoms with Crippen LogP contribution < -0.4 is 20.7 Å². The lowest BCUT2D eigenvalue weighted by molar-refractivity contribution is -0.169. The molecule has 0 saturated heterocycles. The van der Waals surface area contributed by atoms with E-state index < -0.39 is 48.2 Å². The molecule has 0 radical (unpaired) electrons. The molecule has 1 unspecified atom stereocenters. The number of esters is 3. The molecule has 1 aliphatic heterocycles. The van der Waals surface area contributed by atoms with Crippen molar-refractivity contribution in [3.63, 3.8) is 0 Å². The van der Waals surface area contributed by atoms with E-state index in [1.54, 1.807) is 37.3 Å². The number of anilines is 1. The smallest absolute Gasteiger partial charge is 0.347 e. The highest BCUT2D eigenvalue weighted by atomic mass is 16.6. The van der Waals surface area contributed by atoms with Crippen molar-refractivity contribution in [2.24, 2.45) is 11.8 Å². The zero-order chi connectivity index (χ0) is 50.7. The number of nitrogens with zero attached hydrogens (tertiary/aromatic N) is 1. The number of hydrogen-bond acceptors (Lipinski definition) is 12. The molecule has 1 saturated carbocycles. The summed E-state index contributed by atoms with van der Waals surface area (Å²) in [4.78, 5) is 82.7. The lowest BCUT2D eigenvalue weighted by atomic mass is 9.89. The number of unbranched alkanes of at least 4 members (excludes halogenated alkanes) is 1. The number of carbonyl (C=O) groups is 6. The molecule has 2 aliphatic rings. The van der Waals surface area contributed by atoms with E-state index in [1.165, 1.54) is 13.0 Å². The van der Waals surface area contributed by atoms with Crippen molar-refractivity contribution in [2.75, 3.05) is 38.0 Å². The molecule has 3 aromatic rings. The van der Waals surface area contributed by atoms with Crippen LogP contribution >= 0.6 is 0 Å². The molecule has 1 aliphatic carbocycles. The molecule has 3 amide bonds. The number of aromatic nitrogens is 1. The third-order valence-electron chi connectivity index (χ3n) is 12.8. The number of fused-ring (bicyclic) bond motifs is 1. The fourth-order valence-electron chi connectivity index (χ4n) is 8.81. The second-order valence-electron chi connectivity index (χ2n) is 17.8. The number of aliphatic hydroxyl groups excluding tert-OH is 2. The minimum Gasteiger partial charge on any atom is -0.455 e. The van der Waals surface area contributed by atoms with Crippen LogP contribution in [0.3, 0.4) is 0 Å². The Labute approximate surface area is 411 Å². The molecule has 5 rings (SSSR count). The molecule has 16 nitrogen and oxygen atoms in total. The van der Waals surface area contributed by atoms with Crippen molar-refractivity contribution in [3.8, 4) is 5.75 Å². The summed E-state index contributed by atoms with van der Waals surface area (Å²) in [5.41, 5.74) is 4.77. The van der Waals surface area contributed by atoms with Gasteiger partial charge in [-0.1, -0.05) is 62.4 Å². The largest absolute Gasteiger partial charge is 0.455 e. The highest BCUT2D eigenvalue weighted by molar-refractivity contribution is 6.35. The van der Waals surface area contributed by atoms with Crippen LogP contribution in [-0.4, -0.2) is 113 Å². The Morgan fingerprint density at radius 1 is 0.914 bits per heavy atom. The third-order valence-corrected chi connectivity index (χ3v) is 12.8. The Balaban J connectivity index is 1.15. The van der Waals surface area contributed by atoms with Gasteiger partial charge in [-0.15, -0.1) is 0 Å². The lowest BCUT2D eigenvalue weighted by Crippen LogP contribution is -2.35. The summed E-state index contributed by atoms with van der Waals surface area (Å²) in [5.74, 6) is -3.44. The van der Waals surface area contributed by atoms with E-state index >= 15 is 0 Å². The Bertz CT molecular complexity index is 2370. The van der Waals surface area contributed by atoms with Gasteiger partial charge in [-0.05, 0) is 120 Å². The predicted molar refractivity (Wildman–Crippen MR) is 267 cm³/mol. The molecule has 2 heterocycles. The number of allylic oxidation sites excluding steroid dienone is 2. The first-order chi connectivity index (χ1) is 33.6. The van der Waals surface area contributed by atoms with Gasteiger partial charge in [0.2, 0.25) is 5.91 Å². The maximum Gasteiger partial charge on any atom is 0.347 e. The number of aromatic amines is 1. The standard InChI is InChI=1S/C54H71N5O11/c1-7-55-48(62)20-16-11-10-15-19-40-41(47(61)33-46(40)60)25-23-38(22-21-37-17-13-12-14-18-37)70-54(67)36(6)68-49(63)27-28-50(64)69-39-24-26-44-42(31-39)43(52(65)58-44)32-45-34(4)51(35(5)57-45)53(66)56-29-30-59(8-2)9-3/h10,12-15,17-18,23-26,31-32,36,38,40-41,46-47,57,60-61H,7-9,11,16,19-22,27-30,33H2,1-6H3,(H,55,62)(H,56,66)(H,58,65)/b15-10-,25-23+,43-32-/t36?,38-,40+,41+,46-,47+/m0/s1. The number of likely N-dealkylation sites (N-methyl/N-ethyl adjacent to an activating group) is 1. The number of ether oxygens (including phenoxy) is 3. The first-order valence-corrected chi connectivity index (χ1v) is 24.6. The molecule has 6 atom stereocenters. The zero-order valence-electron chi connectivity index (χ0n) is 41.4. The SMILES string of the molecule is CCNC(=O)CCC/C=C\C[C@@H]1[C@@H](/C=C/[C@H](CCc2ccccc2)OC(=O)C(C)OC(=O)CCC(=O)Oc2ccc3c(c2)/C(=C/c2[nH]c(C)c(C(=O)NCCN(CC)CC)c2C)C(=O)N3)[C@H](O)C[C@@H]1O. The van der Waals surface area contributed by atoms with Gasteiger partial charge in [-0.2, -0.15) is 0 Å². The highest BCUT2D eigenvalue weighted by Gasteiger charge is 2.39.